The Morgan fingerprint density at radius 3 is 2.65 bits per heavy atom. The molecule has 2 rings (SSSR count). The SMILES string of the molecule is NCCc1ccccc1Oc1cccc(Cl)c1. The Morgan fingerprint density at radius 2 is 1.88 bits per heavy atom. The third-order valence-corrected chi connectivity index (χ3v) is 2.65. The lowest BCUT2D eigenvalue weighted by Crippen LogP contribution is -2.03. The minimum Gasteiger partial charge on any atom is -0.457 e. The molecule has 2 N–H and O–H groups in total. The second kappa shape index (κ2) is 5.71. The van der Waals surface area contributed by atoms with Gasteiger partial charge in [0.15, 0.2) is 0 Å². The van der Waals surface area contributed by atoms with Gasteiger partial charge in [0.25, 0.3) is 0 Å². The Morgan fingerprint density at radius 1 is 1.06 bits per heavy atom. The first kappa shape index (κ1) is 12.0. The molecule has 2 nitrogen and oxygen atoms in total. The van der Waals surface area contributed by atoms with Crippen molar-refractivity contribution in [2.45, 2.75) is 6.42 Å². The van der Waals surface area contributed by atoms with Crippen molar-refractivity contribution in [2.75, 3.05) is 6.54 Å². The molecular formula is C14H14ClNO. The molecule has 0 radical (unpaired) electrons. The highest BCUT2D eigenvalue weighted by Crippen LogP contribution is 2.27. The second-order valence-electron chi connectivity index (χ2n) is 3.71. The molecular weight excluding hydrogens is 234 g/mol. The number of ether oxygens (including phenoxy) is 1. The number of hydrogen-bond acceptors (Lipinski definition) is 2. The standard InChI is InChI=1S/C14H14ClNO/c15-12-5-3-6-13(10-12)17-14-7-2-1-4-11(14)8-9-16/h1-7,10H,8-9,16H2. The van der Waals surface area contributed by atoms with E-state index in [-0.39, 0.29) is 0 Å². The van der Waals surface area contributed by atoms with Gasteiger partial charge in [0, 0.05) is 5.02 Å². The highest BCUT2D eigenvalue weighted by Gasteiger charge is 2.03. The molecule has 2 aromatic rings. The van der Waals surface area contributed by atoms with Crippen molar-refractivity contribution in [3.05, 3.63) is 59.1 Å². The fraction of sp³-hybridized carbons (Fsp3) is 0.143. The number of nitrogens with two attached hydrogens (primary N) is 1. The largest absolute Gasteiger partial charge is 0.457 e. The molecule has 0 fully saturated rings. The summed E-state index contributed by atoms with van der Waals surface area (Å²) in [4.78, 5) is 0. The molecule has 0 amide bonds. The minimum absolute atomic E-state index is 0.607. The van der Waals surface area contributed by atoms with Gasteiger partial charge in [-0.1, -0.05) is 35.9 Å². The van der Waals surface area contributed by atoms with Crippen LogP contribution >= 0.6 is 11.6 Å². The topological polar surface area (TPSA) is 35.2 Å². The van der Waals surface area contributed by atoms with E-state index in [9.17, 15) is 0 Å². The van der Waals surface area contributed by atoms with Gasteiger partial charge in [0.2, 0.25) is 0 Å². The molecule has 0 bridgehead atoms. The first-order valence-electron chi connectivity index (χ1n) is 5.51. The Labute approximate surface area is 106 Å². The van der Waals surface area contributed by atoms with Gasteiger partial charge in [-0.15, -0.1) is 0 Å². The zero-order chi connectivity index (χ0) is 12.1. The monoisotopic (exact) mass is 247 g/mol. The van der Waals surface area contributed by atoms with Gasteiger partial charge in [-0.2, -0.15) is 0 Å². The van der Waals surface area contributed by atoms with Crippen LogP contribution in [-0.2, 0) is 6.42 Å². The van der Waals surface area contributed by atoms with E-state index in [1.165, 1.54) is 0 Å². The van der Waals surface area contributed by atoms with E-state index in [0.717, 1.165) is 23.5 Å². The summed E-state index contributed by atoms with van der Waals surface area (Å²) < 4.78 is 5.80. The Bertz CT molecular complexity index is 499. The van der Waals surface area contributed by atoms with Crippen LogP contribution in [0.4, 0.5) is 0 Å². The molecule has 0 heterocycles. The van der Waals surface area contributed by atoms with Crippen LogP contribution in [0.1, 0.15) is 5.56 Å². The maximum atomic E-state index is 5.91. The Kier molecular flexibility index (Phi) is 4.02. The number of halogens is 1. The molecule has 0 aliphatic rings. The van der Waals surface area contributed by atoms with E-state index >= 15 is 0 Å². The Hall–Kier alpha value is -1.51. The van der Waals surface area contributed by atoms with Crippen molar-refractivity contribution in [2.24, 2.45) is 5.73 Å². The molecule has 0 aromatic heterocycles. The van der Waals surface area contributed by atoms with Gasteiger partial charge in [-0.3, -0.25) is 0 Å². The average Bonchev–Trinajstić information content (AvgIpc) is 2.32. The van der Waals surface area contributed by atoms with Crippen molar-refractivity contribution in [3.63, 3.8) is 0 Å². The average molecular weight is 248 g/mol. The van der Waals surface area contributed by atoms with Crippen LogP contribution in [0.5, 0.6) is 11.5 Å². The summed E-state index contributed by atoms with van der Waals surface area (Å²) in [5.74, 6) is 1.57. The summed E-state index contributed by atoms with van der Waals surface area (Å²) in [5.41, 5.74) is 6.68. The first-order valence-corrected chi connectivity index (χ1v) is 5.89. The summed E-state index contributed by atoms with van der Waals surface area (Å²) >= 11 is 5.91. The predicted octanol–water partition coefficient (Wildman–Crippen LogP) is 3.63. The molecule has 2 aromatic carbocycles. The number of para-hydroxylation sites is 1. The summed E-state index contributed by atoms with van der Waals surface area (Å²) in [6.07, 6.45) is 0.802. The molecule has 17 heavy (non-hydrogen) atoms. The van der Waals surface area contributed by atoms with Crippen molar-refractivity contribution >= 4 is 11.6 Å². The van der Waals surface area contributed by atoms with E-state index in [4.69, 9.17) is 22.1 Å². The fourth-order valence-electron chi connectivity index (χ4n) is 1.62. The lowest BCUT2D eigenvalue weighted by molar-refractivity contribution is 0.476. The molecule has 88 valence electrons. The van der Waals surface area contributed by atoms with E-state index in [2.05, 4.69) is 0 Å². The van der Waals surface area contributed by atoms with E-state index in [1.807, 2.05) is 42.5 Å². The van der Waals surface area contributed by atoms with Gasteiger partial charge in [-0.25, -0.2) is 0 Å². The smallest absolute Gasteiger partial charge is 0.130 e. The summed E-state index contributed by atoms with van der Waals surface area (Å²) in [6, 6.07) is 15.2. The zero-order valence-corrected chi connectivity index (χ0v) is 10.2. The number of hydrogen-bond donors (Lipinski definition) is 1. The maximum absolute atomic E-state index is 5.91. The van der Waals surface area contributed by atoms with Gasteiger partial charge in [-0.05, 0) is 42.8 Å². The summed E-state index contributed by atoms with van der Waals surface area (Å²) in [6.45, 7) is 0.607. The Balaban J connectivity index is 2.23. The molecule has 0 aliphatic heterocycles. The molecule has 0 saturated carbocycles. The molecule has 0 saturated heterocycles. The molecule has 0 aliphatic carbocycles. The number of rotatable bonds is 4. The highest BCUT2D eigenvalue weighted by molar-refractivity contribution is 6.30. The summed E-state index contributed by atoms with van der Waals surface area (Å²) in [5, 5.41) is 0.666. The third kappa shape index (κ3) is 3.22. The fourth-order valence-corrected chi connectivity index (χ4v) is 1.80. The van der Waals surface area contributed by atoms with Crippen LogP contribution in [-0.4, -0.2) is 6.54 Å². The van der Waals surface area contributed by atoms with E-state index in [1.54, 1.807) is 6.07 Å². The van der Waals surface area contributed by atoms with Crippen LogP contribution in [0.15, 0.2) is 48.5 Å². The van der Waals surface area contributed by atoms with Crippen LogP contribution in [0.25, 0.3) is 0 Å². The van der Waals surface area contributed by atoms with Crippen LogP contribution in [0.3, 0.4) is 0 Å². The molecule has 0 unspecified atom stereocenters. The summed E-state index contributed by atoms with van der Waals surface area (Å²) in [7, 11) is 0. The predicted molar refractivity (Wildman–Crippen MR) is 70.7 cm³/mol. The second-order valence-corrected chi connectivity index (χ2v) is 4.14. The van der Waals surface area contributed by atoms with E-state index in [0.29, 0.717) is 11.6 Å². The van der Waals surface area contributed by atoms with Crippen molar-refractivity contribution < 1.29 is 4.74 Å². The molecule has 0 atom stereocenters. The first-order chi connectivity index (χ1) is 8.29. The van der Waals surface area contributed by atoms with Gasteiger partial charge in [0.05, 0.1) is 0 Å². The number of benzene rings is 2. The van der Waals surface area contributed by atoms with Crippen molar-refractivity contribution in [3.8, 4) is 11.5 Å². The van der Waals surface area contributed by atoms with Crippen LogP contribution in [0, 0.1) is 0 Å². The molecule has 0 spiro atoms. The van der Waals surface area contributed by atoms with E-state index < -0.39 is 0 Å². The minimum atomic E-state index is 0.607. The zero-order valence-electron chi connectivity index (χ0n) is 9.40. The lowest BCUT2D eigenvalue weighted by atomic mass is 10.1. The van der Waals surface area contributed by atoms with Gasteiger partial charge in [0.1, 0.15) is 11.5 Å². The quantitative estimate of drug-likeness (QED) is 0.895. The highest BCUT2D eigenvalue weighted by atomic mass is 35.5. The van der Waals surface area contributed by atoms with Crippen molar-refractivity contribution in [1.29, 1.82) is 0 Å². The maximum Gasteiger partial charge on any atom is 0.130 e. The van der Waals surface area contributed by atoms with Gasteiger partial charge < -0.3 is 10.5 Å². The van der Waals surface area contributed by atoms with Crippen LogP contribution < -0.4 is 10.5 Å². The third-order valence-electron chi connectivity index (χ3n) is 2.41. The van der Waals surface area contributed by atoms with Gasteiger partial charge >= 0.3 is 0 Å². The lowest BCUT2D eigenvalue weighted by Gasteiger charge is -2.10. The van der Waals surface area contributed by atoms with Crippen LogP contribution in [0.2, 0.25) is 5.02 Å². The molecule has 3 heteroatoms. The normalized spacial score (nSPS) is 10.2. The van der Waals surface area contributed by atoms with Crippen molar-refractivity contribution in [1.82, 2.24) is 0 Å².